The Morgan fingerprint density at radius 1 is 1.14 bits per heavy atom. The summed E-state index contributed by atoms with van der Waals surface area (Å²) < 4.78 is 2.01. The topological polar surface area (TPSA) is 95.6 Å². The molecule has 0 atom stereocenters. The lowest BCUT2D eigenvalue weighted by molar-refractivity contribution is 0.696. The van der Waals surface area contributed by atoms with Gasteiger partial charge in [-0.1, -0.05) is 6.07 Å². The predicted octanol–water partition coefficient (Wildman–Crippen LogP) is 2.17. The molecular formula is C14H16N6S. The van der Waals surface area contributed by atoms with Crippen molar-refractivity contribution in [3.63, 3.8) is 0 Å². The van der Waals surface area contributed by atoms with Gasteiger partial charge in [-0.25, -0.2) is 15.0 Å². The second-order valence-electron chi connectivity index (χ2n) is 4.64. The highest BCUT2D eigenvalue weighted by Crippen LogP contribution is 2.21. The molecule has 2 aromatic heterocycles. The molecule has 1 aromatic carbocycles. The second kappa shape index (κ2) is 6.01. The van der Waals surface area contributed by atoms with Crippen LogP contribution in [0.1, 0.15) is 6.42 Å². The van der Waals surface area contributed by atoms with Gasteiger partial charge in [-0.05, 0) is 30.4 Å². The Morgan fingerprint density at radius 3 is 2.90 bits per heavy atom. The fourth-order valence-electron chi connectivity index (χ4n) is 2.09. The number of nitrogens with zero attached hydrogens (tertiary/aromatic N) is 4. The molecule has 6 nitrogen and oxygen atoms in total. The van der Waals surface area contributed by atoms with E-state index in [1.807, 2.05) is 22.8 Å². The maximum Gasteiger partial charge on any atom is 0.165 e. The average molecular weight is 300 g/mol. The number of anilines is 2. The van der Waals surface area contributed by atoms with Crippen LogP contribution in [0.5, 0.6) is 0 Å². The summed E-state index contributed by atoms with van der Waals surface area (Å²) in [6.07, 6.45) is 4.24. The maximum absolute atomic E-state index is 5.77. The second-order valence-corrected chi connectivity index (χ2v) is 5.81. The Kier molecular flexibility index (Phi) is 3.92. The van der Waals surface area contributed by atoms with Crippen LogP contribution in [0.4, 0.5) is 11.5 Å². The minimum atomic E-state index is 0.424. The van der Waals surface area contributed by atoms with Crippen LogP contribution in [0.25, 0.3) is 11.2 Å². The SMILES string of the molecule is Nc1cccc(SCCCn2cnc3c(N)ncnc32)c1. The van der Waals surface area contributed by atoms with E-state index in [1.54, 1.807) is 18.1 Å². The smallest absolute Gasteiger partial charge is 0.165 e. The minimum Gasteiger partial charge on any atom is -0.399 e. The van der Waals surface area contributed by atoms with Gasteiger partial charge < -0.3 is 16.0 Å². The molecule has 0 aliphatic carbocycles. The van der Waals surface area contributed by atoms with Gasteiger partial charge in [0.25, 0.3) is 0 Å². The number of thioether (sulfide) groups is 1. The van der Waals surface area contributed by atoms with Crippen molar-refractivity contribution in [2.75, 3.05) is 17.2 Å². The van der Waals surface area contributed by atoms with Gasteiger partial charge >= 0.3 is 0 Å². The van der Waals surface area contributed by atoms with Crippen molar-refractivity contribution in [1.82, 2.24) is 19.5 Å². The molecule has 0 saturated heterocycles. The van der Waals surface area contributed by atoms with E-state index in [0.717, 1.165) is 30.1 Å². The Morgan fingerprint density at radius 2 is 2.05 bits per heavy atom. The highest BCUT2D eigenvalue weighted by molar-refractivity contribution is 7.99. The van der Waals surface area contributed by atoms with Crippen molar-refractivity contribution in [2.24, 2.45) is 0 Å². The molecule has 108 valence electrons. The van der Waals surface area contributed by atoms with Crippen molar-refractivity contribution in [3.05, 3.63) is 36.9 Å². The van der Waals surface area contributed by atoms with Gasteiger partial charge in [0.05, 0.1) is 6.33 Å². The van der Waals surface area contributed by atoms with E-state index in [-0.39, 0.29) is 0 Å². The number of nitrogen functional groups attached to an aromatic ring is 2. The van der Waals surface area contributed by atoms with Crippen molar-refractivity contribution in [2.45, 2.75) is 17.9 Å². The van der Waals surface area contributed by atoms with Crippen LogP contribution in [0.2, 0.25) is 0 Å². The maximum atomic E-state index is 5.77. The van der Waals surface area contributed by atoms with E-state index in [4.69, 9.17) is 11.5 Å². The van der Waals surface area contributed by atoms with E-state index in [2.05, 4.69) is 21.0 Å². The number of hydrogen-bond donors (Lipinski definition) is 2. The number of benzene rings is 1. The standard InChI is InChI=1S/C14H16N6S/c15-10-3-1-4-11(7-10)21-6-2-5-20-9-19-12-13(16)17-8-18-14(12)20/h1,3-4,7-9H,2,5-6,15H2,(H2,16,17,18). The zero-order valence-corrected chi connectivity index (χ0v) is 12.3. The summed E-state index contributed by atoms with van der Waals surface area (Å²) >= 11 is 1.79. The molecular weight excluding hydrogens is 284 g/mol. The summed E-state index contributed by atoms with van der Waals surface area (Å²) in [6.45, 7) is 0.849. The molecule has 21 heavy (non-hydrogen) atoms. The van der Waals surface area contributed by atoms with Crippen molar-refractivity contribution in [3.8, 4) is 0 Å². The zero-order valence-electron chi connectivity index (χ0n) is 11.4. The lowest BCUT2D eigenvalue weighted by atomic mass is 10.3. The number of aryl methyl sites for hydroxylation is 1. The summed E-state index contributed by atoms with van der Waals surface area (Å²) in [7, 11) is 0. The van der Waals surface area contributed by atoms with Crippen LogP contribution in [0.15, 0.2) is 41.8 Å². The summed E-state index contributed by atoms with van der Waals surface area (Å²) in [4.78, 5) is 13.6. The highest BCUT2D eigenvalue weighted by atomic mass is 32.2. The summed E-state index contributed by atoms with van der Waals surface area (Å²) in [6, 6.07) is 7.93. The van der Waals surface area contributed by atoms with Crippen molar-refractivity contribution >= 4 is 34.4 Å². The first-order valence-electron chi connectivity index (χ1n) is 6.63. The van der Waals surface area contributed by atoms with Gasteiger partial charge in [0, 0.05) is 17.1 Å². The van der Waals surface area contributed by atoms with Gasteiger partial charge in [-0.3, -0.25) is 0 Å². The van der Waals surface area contributed by atoms with E-state index in [1.165, 1.54) is 11.2 Å². The van der Waals surface area contributed by atoms with Crippen LogP contribution < -0.4 is 11.5 Å². The Balaban J connectivity index is 1.59. The van der Waals surface area contributed by atoms with Gasteiger partial charge in [-0.2, -0.15) is 0 Å². The lowest BCUT2D eigenvalue weighted by Gasteiger charge is -2.04. The van der Waals surface area contributed by atoms with Crippen LogP contribution in [-0.2, 0) is 6.54 Å². The Labute approximate surface area is 126 Å². The predicted molar refractivity (Wildman–Crippen MR) is 85.9 cm³/mol. The fraction of sp³-hybridized carbons (Fsp3) is 0.214. The normalized spacial score (nSPS) is 11.0. The van der Waals surface area contributed by atoms with Gasteiger partial charge in [0.2, 0.25) is 0 Å². The van der Waals surface area contributed by atoms with Crippen molar-refractivity contribution < 1.29 is 0 Å². The fourth-order valence-corrected chi connectivity index (χ4v) is 2.99. The summed E-state index contributed by atoms with van der Waals surface area (Å²) in [5.74, 6) is 1.43. The number of rotatable bonds is 5. The molecule has 0 radical (unpaired) electrons. The number of hydrogen-bond acceptors (Lipinski definition) is 6. The number of aromatic nitrogens is 4. The number of nitrogens with two attached hydrogens (primary N) is 2. The van der Waals surface area contributed by atoms with Gasteiger partial charge in [0.15, 0.2) is 11.5 Å². The highest BCUT2D eigenvalue weighted by Gasteiger charge is 2.07. The van der Waals surface area contributed by atoms with Gasteiger partial charge in [0.1, 0.15) is 11.8 Å². The number of fused-ring (bicyclic) bond motifs is 1. The van der Waals surface area contributed by atoms with E-state index < -0.39 is 0 Å². The molecule has 0 amide bonds. The molecule has 0 spiro atoms. The van der Waals surface area contributed by atoms with Gasteiger partial charge in [-0.15, -0.1) is 11.8 Å². The molecule has 0 saturated carbocycles. The van der Waals surface area contributed by atoms with Crippen molar-refractivity contribution in [1.29, 1.82) is 0 Å². The molecule has 0 aliphatic heterocycles. The zero-order chi connectivity index (χ0) is 14.7. The molecule has 0 unspecified atom stereocenters. The Hall–Kier alpha value is -2.28. The summed E-state index contributed by atoms with van der Waals surface area (Å²) in [5, 5.41) is 0. The minimum absolute atomic E-state index is 0.424. The third-order valence-corrected chi connectivity index (χ3v) is 4.18. The molecule has 2 heterocycles. The average Bonchev–Trinajstić information content (AvgIpc) is 2.88. The van der Waals surface area contributed by atoms with Crippen LogP contribution in [0.3, 0.4) is 0 Å². The largest absolute Gasteiger partial charge is 0.399 e. The Bertz CT molecular complexity index is 754. The third kappa shape index (κ3) is 3.08. The number of imidazole rings is 1. The molecule has 0 aliphatic rings. The first-order chi connectivity index (χ1) is 10.2. The third-order valence-electron chi connectivity index (χ3n) is 3.10. The first-order valence-corrected chi connectivity index (χ1v) is 7.62. The van der Waals surface area contributed by atoms with E-state index >= 15 is 0 Å². The van der Waals surface area contributed by atoms with E-state index in [0.29, 0.717) is 11.3 Å². The molecule has 3 rings (SSSR count). The quantitative estimate of drug-likeness (QED) is 0.426. The van der Waals surface area contributed by atoms with Crippen LogP contribution in [-0.4, -0.2) is 25.3 Å². The first kappa shape index (κ1) is 13.7. The van der Waals surface area contributed by atoms with Crippen LogP contribution in [0, 0.1) is 0 Å². The molecule has 0 bridgehead atoms. The van der Waals surface area contributed by atoms with Crippen LogP contribution >= 0.6 is 11.8 Å². The molecule has 3 aromatic rings. The lowest BCUT2D eigenvalue weighted by Crippen LogP contribution is -2.00. The summed E-state index contributed by atoms with van der Waals surface area (Å²) in [5.41, 5.74) is 13.8. The monoisotopic (exact) mass is 300 g/mol. The molecule has 7 heteroatoms. The molecule has 4 N–H and O–H groups in total. The molecule has 0 fully saturated rings. The van der Waals surface area contributed by atoms with E-state index in [9.17, 15) is 0 Å².